The van der Waals surface area contributed by atoms with Gasteiger partial charge in [-0.3, -0.25) is 14.4 Å². The molecule has 6 nitrogen and oxygen atoms in total. The minimum absolute atomic E-state index is 0.101. The van der Waals surface area contributed by atoms with E-state index in [-0.39, 0.29) is 18.8 Å². The number of hydrogen-bond acceptors (Lipinski definition) is 6. The Hall–Kier alpha value is -2.65. The zero-order chi connectivity index (χ0) is 21.7. The minimum Gasteiger partial charge on any atom is -0.460 e. The first-order valence-electron chi connectivity index (χ1n) is 9.09. The average Bonchev–Trinajstić information content (AvgIpc) is 3.32. The van der Waals surface area contributed by atoms with Gasteiger partial charge in [0.2, 0.25) is 11.6 Å². The van der Waals surface area contributed by atoms with Gasteiger partial charge in [-0.2, -0.15) is 4.39 Å². The topological polar surface area (TPSA) is 78.9 Å². The van der Waals surface area contributed by atoms with E-state index in [1.165, 1.54) is 0 Å². The molecule has 29 heavy (non-hydrogen) atoms. The van der Waals surface area contributed by atoms with Crippen molar-refractivity contribution < 1.29 is 46.2 Å². The lowest BCUT2D eigenvalue weighted by Gasteiger charge is -2.29. The lowest BCUT2D eigenvalue weighted by molar-refractivity contribution is -0.160. The van der Waals surface area contributed by atoms with Gasteiger partial charge in [-0.15, -0.1) is 0 Å². The van der Waals surface area contributed by atoms with Gasteiger partial charge in [0.05, 0.1) is 0 Å². The molecule has 3 fully saturated rings. The van der Waals surface area contributed by atoms with Crippen molar-refractivity contribution in [1.29, 1.82) is 0 Å². The Balaban J connectivity index is 0.00000117. The molecule has 2 aliphatic carbocycles. The molecule has 0 aromatic heterocycles. The largest absolute Gasteiger partial charge is 0.460 e. The minimum atomic E-state index is -2.01. The lowest BCUT2D eigenvalue weighted by Crippen LogP contribution is -2.46. The highest BCUT2D eigenvalue weighted by Crippen LogP contribution is 2.62. The number of halogens is 4. The highest BCUT2D eigenvalue weighted by atomic mass is 19.2. The van der Waals surface area contributed by atoms with Gasteiger partial charge in [-0.25, -0.2) is 13.2 Å². The Bertz CT molecular complexity index is 859. The van der Waals surface area contributed by atoms with Gasteiger partial charge < -0.3 is 14.2 Å². The maximum Gasteiger partial charge on any atom is 0.329 e. The molecule has 1 saturated heterocycles. The number of carbonyl (C=O) groups is 3. The average molecular weight is 418 g/mol. The van der Waals surface area contributed by atoms with Crippen molar-refractivity contribution >= 4 is 18.4 Å². The van der Waals surface area contributed by atoms with Crippen LogP contribution in [-0.2, 0) is 23.9 Å². The predicted octanol–water partition coefficient (Wildman–Crippen LogP) is 2.98. The van der Waals surface area contributed by atoms with Crippen molar-refractivity contribution in [3.63, 3.8) is 0 Å². The van der Waals surface area contributed by atoms with Crippen LogP contribution in [0, 0.1) is 47.4 Å². The zero-order valence-electron chi connectivity index (χ0n) is 15.8. The van der Waals surface area contributed by atoms with E-state index in [9.17, 15) is 31.9 Å². The van der Waals surface area contributed by atoms with E-state index >= 15 is 0 Å². The second-order valence-corrected chi connectivity index (χ2v) is 6.94. The van der Waals surface area contributed by atoms with Crippen molar-refractivity contribution in [2.75, 3.05) is 0 Å². The van der Waals surface area contributed by atoms with Crippen LogP contribution in [-0.4, -0.2) is 30.6 Å². The number of fused-ring (bicyclic) bond motifs is 1. The highest BCUT2D eigenvalue weighted by Gasteiger charge is 2.75. The molecule has 5 unspecified atom stereocenters. The summed E-state index contributed by atoms with van der Waals surface area (Å²) in [5.74, 6) is -12.1. The molecule has 1 aromatic carbocycles. The summed E-state index contributed by atoms with van der Waals surface area (Å²) in [6, 6.07) is 0. The van der Waals surface area contributed by atoms with Crippen molar-refractivity contribution in [2.24, 2.45) is 17.3 Å². The smallest absolute Gasteiger partial charge is 0.329 e. The van der Waals surface area contributed by atoms with Crippen LogP contribution in [0.15, 0.2) is 0 Å². The molecule has 0 N–H and O–H groups in total. The van der Waals surface area contributed by atoms with Crippen LogP contribution in [0.3, 0.4) is 0 Å². The Morgan fingerprint density at radius 1 is 1.14 bits per heavy atom. The molecular formula is C19H18F4O6. The molecule has 0 spiro atoms. The number of esters is 2. The molecule has 5 atom stereocenters. The first-order chi connectivity index (χ1) is 13.7. The van der Waals surface area contributed by atoms with Crippen molar-refractivity contribution in [2.45, 2.75) is 45.8 Å². The van der Waals surface area contributed by atoms with E-state index in [0.717, 1.165) is 6.92 Å². The number of ether oxygens (including phenoxy) is 3. The maximum absolute atomic E-state index is 14.1. The van der Waals surface area contributed by atoms with Crippen LogP contribution in [0.2, 0.25) is 0 Å². The summed E-state index contributed by atoms with van der Waals surface area (Å²) in [7, 11) is 0. The molecule has 10 heteroatoms. The lowest BCUT2D eigenvalue weighted by atomic mass is 9.73. The van der Waals surface area contributed by atoms with Crippen LogP contribution >= 0.6 is 0 Å². The van der Waals surface area contributed by atoms with Gasteiger partial charge in [0.15, 0.2) is 22.9 Å². The first-order valence-corrected chi connectivity index (χ1v) is 9.09. The SMILES string of the molecule is CC.Cc1c(F)c(F)c(F)c(OC(=O)C23CC4CC2C(OC3=O)C4OC=O)c1F. The fourth-order valence-electron chi connectivity index (χ4n) is 4.52. The van der Waals surface area contributed by atoms with Crippen molar-refractivity contribution in [3.05, 3.63) is 28.8 Å². The standard InChI is InChI=1S/C17H12F4O6.C2H6/c1-5-8(18)10(20)11(21)14(9(5)19)27-16(24)17-3-6-2-7(17)13(26-15(17)23)12(6)25-4-22;1-2/h4,6-7,12-13H,2-3H2,1H3;1-2H3. The zero-order valence-corrected chi connectivity index (χ0v) is 15.8. The third-order valence-electron chi connectivity index (χ3n) is 5.78. The summed E-state index contributed by atoms with van der Waals surface area (Å²) < 4.78 is 69.8. The van der Waals surface area contributed by atoms with Gasteiger partial charge in [0.25, 0.3) is 6.47 Å². The molecular weight excluding hydrogens is 400 g/mol. The number of carbonyl (C=O) groups excluding carboxylic acids is 3. The van der Waals surface area contributed by atoms with Crippen molar-refractivity contribution in [3.8, 4) is 5.75 Å². The Morgan fingerprint density at radius 3 is 2.41 bits per heavy atom. The third kappa shape index (κ3) is 2.71. The normalized spacial score (nSPS) is 31.1. The summed E-state index contributed by atoms with van der Waals surface area (Å²) in [5, 5.41) is 0. The van der Waals surface area contributed by atoms with Crippen molar-refractivity contribution in [1.82, 2.24) is 0 Å². The summed E-state index contributed by atoms with van der Waals surface area (Å²) in [6.45, 7) is 5.06. The predicted molar refractivity (Wildman–Crippen MR) is 87.5 cm³/mol. The second-order valence-electron chi connectivity index (χ2n) is 6.94. The molecule has 0 amide bonds. The number of hydrogen-bond donors (Lipinski definition) is 0. The molecule has 1 heterocycles. The number of rotatable bonds is 4. The molecule has 2 bridgehead atoms. The van der Waals surface area contributed by atoms with Crippen LogP contribution < -0.4 is 4.74 Å². The quantitative estimate of drug-likeness (QED) is 0.142. The van der Waals surface area contributed by atoms with Gasteiger partial charge in [-0.05, 0) is 19.8 Å². The van der Waals surface area contributed by atoms with E-state index in [1.807, 2.05) is 13.8 Å². The van der Waals surface area contributed by atoms with E-state index < -0.39 is 70.1 Å². The Morgan fingerprint density at radius 2 is 1.79 bits per heavy atom. The first kappa shape index (κ1) is 21.1. The van der Waals surface area contributed by atoms with Gasteiger partial charge in [0.1, 0.15) is 12.2 Å². The summed E-state index contributed by atoms with van der Waals surface area (Å²) >= 11 is 0. The van der Waals surface area contributed by atoms with E-state index in [1.54, 1.807) is 0 Å². The Kier molecular flexibility index (Phi) is 5.31. The van der Waals surface area contributed by atoms with E-state index in [2.05, 4.69) is 0 Å². The molecule has 0 radical (unpaired) electrons. The number of benzene rings is 1. The molecule has 158 valence electrons. The fraction of sp³-hybridized carbons (Fsp3) is 0.526. The second kappa shape index (κ2) is 7.31. The third-order valence-corrected chi connectivity index (χ3v) is 5.78. The highest BCUT2D eigenvalue weighted by molar-refractivity contribution is 6.03. The van der Waals surface area contributed by atoms with E-state index in [0.29, 0.717) is 6.42 Å². The van der Waals surface area contributed by atoms with Gasteiger partial charge >= 0.3 is 11.9 Å². The maximum atomic E-state index is 14.1. The Labute approximate surface area is 163 Å². The molecule has 1 aliphatic heterocycles. The summed E-state index contributed by atoms with van der Waals surface area (Å²) in [4.78, 5) is 35.7. The van der Waals surface area contributed by atoms with Crippen LogP contribution in [0.1, 0.15) is 32.3 Å². The van der Waals surface area contributed by atoms with Crippen LogP contribution in [0.5, 0.6) is 5.75 Å². The molecule has 1 aromatic rings. The van der Waals surface area contributed by atoms with Gasteiger partial charge in [-0.1, -0.05) is 13.8 Å². The van der Waals surface area contributed by atoms with Crippen LogP contribution in [0.25, 0.3) is 0 Å². The van der Waals surface area contributed by atoms with Gasteiger partial charge in [0, 0.05) is 17.4 Å². The van der Waals surface area contributed by atoms with Crippen LogP contribution in [0.4, 0.5) is 17.6 Å². The summed E-state index contributed by atoms with van der Waals surface area (Å²) in [5.41, 5.74) is -2.69. The molecule has 2 saturated carbocycles. The van der Waals surface area contributed by atoms with E-state index in [4.69, 9.17) is 14.2 Å². The monoisotopic (exact) mass is 418 g/mol. The fourth-order valence-corrected chi connectivity index (χ4v) is 4.52. The summed E-state index contributed by atoms with van der Waals surface area (Å²) in [6.07, 6.45) is -1.36. The molecule has 3 aliphatic rings. The molecule has 4 rings (SSSR count).